The second kappa shape index (κ2) is 3.93. The minimum Gasteiger partial charge on any atom is -0.481 e. The molecule has 0 radical (unpaired) electrons. The summed E-state index contributed by atoms with van der Waals surface area (Å²) in [4.78, 5) is 22.0. The van der Waals surface area contributed by atoms with Crippen LogP contribution in [-0.4, -0.2) is 28.4 Å². The van der Waals surface area contributed by atoms with Crippen molar-refractivity contribution >= 4 is 23.5 Å². The molecule has 4 heteroatoms. The zero-order valence-electron chi connectivity index (χ0n) is 7.94. The van der Waals surface area contributed by atoms with E-state index in [2.05, 4.69) is 0 Å². The highest BCUT2D eigenvalue weighted by Gasteiger charge is 2.40. The summed E-state index contributed by atoms with van der Waals surface area (Å²) in [5.41, 5.74) is 0. The molecule has 2 rings (SSSR count). The van der Waals surface area contributed by atoms with E-state index >= 15 is 0 Å². The van der Waals surface area contributed by atoms with Crippen molar-refractivity contribution in [2.45, 2.75) is 19.3 Å². The fourth-order valence-electron chi connectivity index (χ4n) is 2.63. The SMILES string of the molecule is O=C(O)CC1C2CSCC1CC(=O)C2. The number of carbonyl (C=O) groups is 2. The zero-order valence-corrected chi connectivity index (χ0v) is 8.76. The van der Waals surface area contributed by atoms with Crippen LogP contribution in [0, 0.1) is 17.8 Å². The average Bonchev–Trinajstić information content (AvgIpc) is 2.05. The number of carbonyl (C=O) groups excluding carboxylic acids is 1. The van der Waals surface area contributed by atoms with Crippen LogP contribution < -0.4 is 0 Å². The molecule has 2 unspecified atom stereocenters. The first-order valence-corrected chi connectivity index (χ1v) is 6.13. The van der Waals surface area contributed by atoms with Crippen LogP contribution in [0.4, 0.5) is 0 Å². The highest BCUT2D eigenvalue weighted by atomic mass is 32.2. The van der Waals surface area contributed by atoms with Crippen LogP contribution in [0.15, 0.2) is 0 Å². The summed E-state index contributed by atoms with van der Waals surface area (Å²) < 4.78 is 0. The number of rotatable bonds is 2. The van der Waals surface area contributed by atoms with Gasteiger partial charge in [0.15, 0.2) is 0 Å². The summed E-state index contributed by atoms with van der Waals surface area (Å²) in [7, 11) is 0. The van der Waals surface area contributed by atoms with Gasteiger partial charge in [-0.25, -0.2) is 0 Å². The summed E-state index contributed by atoms with van der Waals surface area (Å²) in [6.45, 7) is 0. The maximum absolute atomic E-state index is 11.4. The Bertz CT molecular complexity index is 248. The van der Waals surface area contributed by atoms with E-state index in [0.717, 1.165) is 11.5 Å². The number of aliphatic carboxylic acids is 1. The third-order valence-electron chi connectivity index (χ3n) is 3.26. The number of ketones is 1. The molecule has 0 spiro atoms. The van der Waals surface area contributed by atoms with Gasteiger partial charge in [0, 0.05) is 19.3 Å². The van der Waals surface area contributed by atoms with Crippen molar-refractivity contribution in [3.63, 3.8) is 0 Å². The van der Waals surface area contributed by atoms with Gasteiger partial charge in [-0.1, -0.05) is 0 Å². The van der Waals surface area contributed by atoms with Gasteiger partial charge in [-0.2, -0.15) is 11.8 Å². The molecule has 0 aromatic heterocycles. The monoisotopic (exact) mass is 214 g/mol. The van der Waals surface area contributed by atoms with Crippen molar-refractivity contribution in [3.8, 4) is 0 Å². The van der Waals surface area contributed by atoms with Crippen LogP contribution in [0.2, 0.25) is 0 Å². The van der Waals surface area contributed by atoms with Crippen molar-refractivity contribution in [3.05, 3.63) is 0 Å². The second-order valence-corrected chi connectivity index (χ2v) is 5.34. The minimum atomic E-state index is -0.716. The molecule has 1 saturated carbocycles. The summed E-state index contributed by atoms with van der Waals surface area (Å²) in [6.07, 6.45) is 1.48. The Morgan fingerprint density at radius 1 is 1.36 bits per heavy atom. The predicted octanol–water partition coefficient (Wildman–Crippen LogP) is 1.42. The Balaban J connectivity index is 2.08. The molecule has 2 atom stereocenters. The summed E-state index contributed by atoms with van der Waals surface area (Å²) >= 11 is 1.87. The van der Waals surface area contributed by atoms with Gasteiger partial charge in [-0.3, -0.25) is 9.59 Å². The first kappa shape index (κ1) is 10.0. The maximum Gasteiger partial charge on any atom is 0.303 e. The number of thioether (sulfide) groups is 1. The van der Waals surface area contributed by atoms with Crippen LogP contribution in [0.25, 0.3) is 0 Å². The van der Waals surface area contributed by atoms with E-state index in [0.29, 0.717) is 30.5 Å². The molecule has 0 amide bonds. The Kier molecular flexibility index (Phi) is 2.81. The molecule has 78 valence electrons. The van der Waals surface area contributed by atoms with Gasteiger partial charge in [-0.15, -0.1) is 0 Å². The van der Waals surface area contributed by atoms with E-state index in [9.17, 15) is 9.59 Å². The second-order valence-electron chi connectivity index (χ2n) is 4.27. The number of hydrogen-bond acceptors (Lipinski definition) is 3. The van der Waals surface area contributed by atoms with Gasteiger partial charge in [0.25, 0.3) is 0 Å². The molecular formula is C10H14O3S. The van der Waals surface area contributed by atoms with Gasteiger partial charge in [0.2, 0.25) is 0 Å². The van der Waals surface area contributed by atoms with Gasteiger partial charge in [-0.05, 0) is 29.3 Å². The van der Waals surface area contributed by atoms with Gasteiger partial charge < -0.3 is 5.11 Å². The number of Topliss-reactive ketones (excluding diaryl/α,β-unsaturated/α-hetero) is 1. The highest BCUT2D eigenvalue weighted by molar-refractivity contribution is 7.99. The minimum absolute atomic E-state index is 0.253. The van der Waals surface area contributed by atoms with Crippen LogP contribution >= 0.6 is 11.8 Å². The summed E-state index contributed by atoms with van der Waals surface area (Å²) in [6, 6.07) is 0. The molecule has 1 N–H and O–H groups in total. The lowest BCUT2D eigenvalue weighted by Gasteiger charge is -2.40. The largest absolute Gasteiger partial charge is 0.481 e. The summed E-state index contributed by atoms with van der Waals surface area (Å²) in [5.74, 6) is 2.48. The molecule has 1 heterocycles. The Labute approximate surface area is 87.3 Å². The maximum atomic E-state index is 11.4. The molecular weight excluding hydrogens is 200 g/mol. The normalized spacial score (nSPS) is 36.9. The van der Waals surface area contributed by atoms with Crippen molar-refractivity contribution in [1.29, 1.82) is 0 Å². The lowest BCUT2D eigenvalue weighted by atomic mass is 9.71. The van der Waals surface area contributed by atoms with E-state index in [4.69, 9.17) is 5.11 Å². The fraction of sp³-hybridized carbons (Fsp3) is 0.800. The van der Waals surface area contributed by atoms with Crippen molar-refractivity contribution < 1.29 is 14.7 Å². The van der Waals surface area contributed by atoms with Gasteiger partial charge >= 0.3 is 5.97 Å². The quantitative estimate of drug-likeness (QED) is 0.755. The van der Waals surface area contributed by atoms with Crippen LogP contribution in [0.3, 0.4) is 0 Å². The molecule has 1 saturated heterocycles. The first-order chi connectivity index (χ1) is 6.66. The molecule has 0 aromatic carbocycles. The van der Waals surface area contributed by atoms with Crippen molar-refractivity contribution in [1.82, 2.24) is 0 Å². The van der Waals surface area contributed by atoms with E-state index < -0.39 is 5.97 Å². The summed E-state index contributed by atoms with van der Waals surface area (Å²) in [5, 5.41) is 8.80. The van der Waals surface area contributed by atoms with Crippen molar-refractivity contribution in [2.24, 2.45) is 17.8 Å². The third-order valence-corrected chi connectivity index (χ3v) is 4.59. The number of hydrogen-bond donors (Lipinski definition) is 1. The highest BCUT2D eigenvalue weighted by Crippen LogP contribution is 2.43. The lowest BCUT2D eigenvalue weighted by molar-refractivity contribution is -0.140. The zero-order chi connectivity index (χ0) is 10.1. The topological polar surface area (TPSA) is 54.4 Å². The molecule has 2 aliphatic rings. The molecule has 2 fully saturated rings. The Morgan fingerprint density at radius 2 is 1.93 bits per heavy atom. The number of carboxylic acids is 1. The van der Waals surface area contributed by atoms with E-state index in [-0.39, 0.29) is 12.3 Å². The smallest absolute Gasteiger partial charge is 0.303 e. The first-order valence-electron chi connectivity index (χ1n) is 4.98. The molecule has 1 aliphatic carbocycles. The molecule has 14 heavy (non-hydrogen) atoms. The van der Waals surface area contributed by atoms with E-state index in [1.54, 1.807) is 0 Å². The van der Waals surface area contributed by atoms with Crippen LogP contribution in [0.1, 0.15) is 19.3 Å². The van der Waals surface area contributed by atoms with Crippen molar-refractivity contribution in [2.75, 3.05) is 11.5 Å². The van der Waals surface area contributed by atoms with Crippen LogP contribution in [-0.2, 0) is 9.59 Å². The molecule has 1 aliphatic heterocycles. The lowest BCUT2D eigenvalue weighted by Crippen LogP contribution is -2.40. The number of fused-ring (bicyclic) bond motifs is 2. The number of carboxylic acid groups (broad SMARTS) is 1. The third kappa shape index (κ3) is 1.95. The molecule has 0 aromatic rings. The van der Waals surface area contributed by atoms with Crippen LogP contribution in [0.5, 0.6) is 0 Å². The Hall–Kier alpha value is -0.510. The van der Waals surface area contributed by atoms with Gasteiger partial charge in [0.05, 0.1) is 0 Å². The standard InChI is InChI=1S/C10H14O3S/c11-8-1-6-4-14-5-7(2-8)9(6)3-10(12)13/h6-7,9H,1-5H2,(H,12,13). The van der Waals surface area contributed by atoms with E-state index in [1.165, 1.54) is 0 Å². The average molecular weight is 214 g/mol. The molecule has 2 bridgehead atoms. The Morgan fingerprint density at radius 3 is 2.43 bits per heavy atom. The predicted molar refractivity (Wildman–Crippen MR) is 54.3 cm³/mol. The molecule has 3 nitrogen and oxygen atoms in total. The van der Waals surface area contributed by atoms with Gasteiger partial charge in [0.1, 0.15) is 5.78 Å². The van der Waals surface area contributed by atoms with E-state index in [1.807, 2.05) is 11.8 Å². The fourth-order valence-corrected chi connectivity index (χ4v) is 4.10.